The summed E-state index contributed by atoms with van der Waals surface area (Å²) < 4.78 is 48.2. The van der Waals surface area contributed by atoms with Crippen molar-refractivity contribution in [1.82, 2.24) is 0 Å². The number of hydrogen-bond acceptors (Lipinski definition) is 23. The summed E-state index contributed by atoms with van der Waals surface area (Å²) in [5.74, 6) is -3.88. The molecule has 4 saturated carbocycles. The Balaban J connectivity index is 1.12. The van der Waals surface area contributed by atoms with Gasteiger partial charge >= 0.3 is 17.9 Å². The molecule has 3 heterocycles. The van der Waals surface area contributed by atoms with Crippen molar-refractivity contribution in [2.24, 2.45) is 50.2 Å². The van der Waals surface area contributed by atoms with E-state index in [4.69, 9.17) is 37.9 Å². The Morgan fingerprint density at radius 1 is 0.658 bits per heavy atom. The van der Waals surface area contributed by atoms with Crippen molar-refractivity contribution in [1.29, 1.82) is 0 Å². The first kappa shape index (κ1) is 62.2. The third-order valence-electron chi connectivity index (χ3n) is 21.1. The molecule has 7 fully saturated rings. The monoisotopic (exact) mass is 1130 g/mol. The van der Waals surface area contributed by atoms with Gasteiger partial charge in [0.2, 0.25) is 0 Å². The second-order valence-electron chi connectivity index (χ2n) is 25.5. The molecule has 0 spiro atoms. The zero-order valence-corrected chi connectivity index (χ0v) is 46.4. The van der Waals surface area contributed by atoms with Crippen LogP contribution in [0.2, 0.25) is 0 Å². The molecular formula is C55H86O24. The molecule has 0 bridgehead atoms. The van der Waals surface area contributed by atoms with E-state index in [1.54, 1.807) is 19.9 Å². The predicted octanol–water partition coefficient (Wildman–Crippen LogP) is -1.32. The lowest BCUT2D eigenvalue weighted by Gasteiger charge is -2.72. The normalized spacial score (nSPS) is 50.6. The van der Waals surface area contributed by atoms with Gasteiger partial charge in [-0.05, 0) is 92.8 Å². The Morgan fingerprint density at radius 2 is 1.24 bits per heavy atom. The number of carbonyl (C=O) groups is 3. The molecule has 27 atom stereocenters. The minimum Gasteiger partial charge on any atom is -0.479 e. The molecule has 0 aromatic rings. The SMILES string of the molecule is C/C=C(\C)C(=O)O[C@H]1[C@H](OC(C)=O)[C@]2(CO)[C@H](O)C[C@]3(C)C(=CC[C@@H]4[C@@]5(C)CC[C@H](O[C@@H]6O[C@H](C(=O)O)[C@@H](O[C@@H]7O[C@H](CO)[C@@H](O)[C@H](O)[C@H]7O)[C@H](O)[C@H]6O[C@@H]6O[C@H](CO)[C@@H](O)[C@H](O)[C@H]6O)[C@](C)(CO)[C@@H]5CC[C@]43C)[C@@H]2CC1(C)C. The maximum Gasteiger partial charge on any atom is 0.335 e. The molecule has 0 aromatic heterocycles. The van der Waals surface area contributed by atoms with Crippen LogP contribution in [-0.2, 0) is 52.3 Å². The van der Waals surface area contributed by atoms with E-state index in [0.29, 0.717) is 37.7 Å². The van der Waals surface area contributed by atoms with Gasteiger partial charge in [-0.2, -0.15) is 0 Å². The zero-order chi connectivity index (χ0) is 58.4. The largest absolute Gasteiger partial charge is 0.479 e. The van der Waals surface area contributed by atoms with Gasteiger partial charge in [-0.15, -0.1) is 0 Å². The number of aliphatic hydroxyl groups is 12. The summed E-state index contributed by atoms with van der Waals surface area (Å²) in [6, 6.07) is 0. The molecule has 0 amide bonds. The van der Waals surface area contributed by atoms with Gasteiger partial charge in [-0.1, -0.05) is 59.3 Å². The molecule has 3 saturated heterocycles. The van der Waals surface area contributed by atoms with E-state index >= 15 is 0 Å². The highest BCUT2D eigenvalue weighted by molar-refractivity contribution is 5.87. The summed E-state index contributed by atoms with van der Waals surface area (Å²) in [6.07, 6.45) is -26.5. The van der Waals surface area contributed by atoms with Crippen molar-refractivity contribution in [2.75, 3.05) is 26.4 Å². The predicted molar refractivity (Wildman–Crippen MR) is 269 cm³/mol. The van der Waals surface area contributed by atoms with E-state index in [1.165, 1.54) is 6.92 Å². The first-order valence-electron chi connectivity index (χ1n) is 27.7. The summed E-state index contributed by atoms with van der Waals surface area (Å²) in [4.78, 5) is 39.5. The molecule has 5 aliphatic carbocycles. The minimum atomic E-state index is -2.18. The average molecular weight is 1130 g/mol. The molecule has 0 unspecified atom stereocenters. The zero-order valence-electron chi connectivity index (χ0n) is 46.4. The molecule has 79 heavy (non-hydrogen) atoms. The topological polar surface area (TPSA) is 388 Å². The van der Waals surface area contributed by atoms with Crippen LogP contribution < -0.4 is 0 Å². The molecule has 450 valence electrons. The lowest BCUT2D eigenvalue weighted by Crippen LogP contribution is -2.72. The van der Waals surface area contributed by atoms with Crippen molar-refractivity contribution in [3.63, 3.8) is 0 Å². The number of fused-ring (bicyclic) bond motifs is 7. The Labute approximate surface area is 459 Å². The van der Waals surface area contributed by atoms with Crippen LogP contribution in [0.5, 0.6) is 0 Å². The standard InChI is InChI=1S/C55H86O24/c1-10-23(2)46(71)79-43-44(72-24(3)60)55(22-59)26(17-50(43,4)5)25-11-12-30-51(6)15-14-32(52(7,21-58)29(51)13-16-53(30,8)54(25,9)18-31(55)61)75-49-41(77-48-38(67)36(65)34(63)28(20-57)74-48)39(68)40(42(78-49)45(69)70)76-47-37(66)35(64)33(62)27(19-56)73-47/h10-11,26-44,47-49,56-59,61-68H,12-22H2,1-9H3,(H,69,70)/b23-10+/t26-,27+,28+,29+,30+,31+,32-,33+,34+,35-,36-,37+,38+,39-,40-,41+,42-,43-,44-,47-,48-,49+,51-,52+,53+,54+,55-/m0/s1. The van der Waals surface area contributed by atoms with Gasteiger partial charge in [0.15, 0.2) is 25.0 Å². The highest BCUT2D eigenvalue weighted by Crippen LogP contribution is 2.76. The van der Waals surface area contributed by atoms with Crippen LogP contribution >= 0.6 is 0 Å². The summed E-state index contributed by atoms with van der Waals surface area (Å²) in [6.45, 7) is 14.1. The maximum absolute atomic E-state index is 13.4. The van der Waals surface area contributed by atoms with Crippen molar-refractivity contribution < 1.29 is 119 Å². The Kier molecular flexibility index (Phi) is 17.8. The van der Waals surface area contributed by atoms with Gasteiger partial charge in [0, 0.05) is 23.3 Å². The van der Waals surface area contributed by atoms with Gasteiger partial charge in [-0.25, -0.2) is 9.59 Å². The van der Waals surface area contributed by atoms with Crippen molar-refractivity contribution in [3.05, 3.63) is 23.3 Å². The number of rotatable bonds is 14. The number of ether oxygens (including phenoxy) is 8. The van der Waals surface area contributed by atoms with Crippen LogP contribution in [0.1, 0.15) is 107 Å². The molecule has 13 N–H and O–H groups in total. The molecule has 0 aromatic carbocycles. The van der Waals surface area contributed by atoms with Crippen LogP contribution in [0.4, 0.5) is 0 Å². The van der Waals surface area contributed by atoms with Gasteiger partial charge in [0.1, 0.15) is 79.4 Å². The third-order valence-corrected chi connectivity index (χ3v) is 21.1. The van der Waals surface area contributed by atoms with Crippen LogP contribution in [-0.4, -0.2) is 227 Å². The van der Waals surface area contributed by atoms with Crippen molar-refractivity contribution in [2.45, 2.75) is 224 Å². The van der Waals surface area contributed by atoms with E-state index < -0.39 is 199 Å². The summed E-state index contributed by atoms with van der Waals surface area (Å²) in [5.41, 5.74) is -3.78. The first-order valence-corrected chi connectivity index (χ1v) is 27.7. The molecule has 8 rings (SSSR count). The summed E-state index contributed by atoms with van der Waals surface area (Å²) >= 11 is 0. The molecule has 3 aliphatic heterocycles. The lowest BCUT2D eigenvalue weighted by molar-refractivity contribution is -0.392. The Morgan fingerprint density at radius 3 is 1.76 bits per heavy atom. The van der Waals surface area contributed by atoms with Crippen molar-refractivity contribution in [3.8, 4) is 0 Å². The van der Waals surface area contributed by atoms with Gasteiger partial charge in [-0.3, -0.25) is 4.79 Å². The number of aliphatic carboxylic acids is 1. The third kappa shape index (κ3) is 9.94. The number of hydrogen-bond donors (Lipinski definition) is 13. The molecule has 8 aliphatic rings. The number of aliphatic hydroxyl groups excluding tert-OH is 12. The maximum atomic E-state index is 13.4. The molecule has 24 nitrogen and oxygen atoms in total. The molecule has 24 heteroatoms. The minimum absolute atomic E-state index is 0.0849. The number of carboxylic acids is 1. The fourth-order valence-electron chi connectivity index (χ4n) is 16.2. The van der Waals surface area contributed by atoms with E-state index in [0.717, 1.165) is 5.57 Å². The highest BCUT2D eigenvalue weighted by Gasteiger charge is 2.74. The highest BCUT2D eigenvalue weighted by atomic mass is 16.8. The van der Waals surface area contributed by atoms with Crippen LogP contribution in [0.3, 0.4) is 0 Å². The van der Waals surface area contributed by atoms with E-state index in [2.05, 4.69) is 26.8 Å². The van der Waals surface area contributed by atoms with Crippen LogP contribution in [0.25, 0.3) is 0 Å². The van der Waals surface area contributed by atoms with Crippen LogP contribution in [0.15, 0.2) is 23.3 Å². The van der Waals surface area contributed by atoms with Gasteiger partial charge < -0.3 is 104 Å². The summed E-state index contributed by atoms with van der Waals surface area (Å²) in [5, 5.41) is 143. The fraction of sp³-hybridized carbons (Fsp3) is 0.873. The van der Waals surface area contributed by atoms with E-state index in [-0.39, 0.29) is 24.7 Å². The van der Waals surface area contributed by atoms with Crippen molar-refractivity contribution >= 4 is 17.9 Å². The lowest BCUT2D eigenvalue weighted by atomic mass is 9.33. The fourth-order valence-corrected chi connectivity index (χ4v) is 16.2. The second-order valence-corrected chi connectivity index (χ2v) is 25.5. The number of carboxylic acid groups (broad SMARTS) is 1. The number of allylic oxidation sites excluding steroid dienone is 3. The quantitative estimate of drug-likeness (QED) is 0.0415. The Hall–Kier alpha value is -2.83. The smallest absolute Gasteiger partial charge is 0.335 e. The molecule has 0 radical (unpaired) electrons. The number of carbonyl (C=O) groups excluding carboxylic acids is 2. The first-order chi connectivity index (χ1) is 36.9. The van der Waals surface area contributed by atoms with E-state index in [9.17, 15) is 80.8 Å². The number of esters is 2. The van der Waals surface area contributed by atoms with E-state index in [1.807, 2.05) is 20.8 Å². The van der Waals surface area contributed by atoms with Gasteiger partial charge in [0.25, 0.3) is 0 Å². The Bertz CT molecular complexity index is 2290. The van der Waals surface area contributed by atoms with Crippen LogP contribution in [0, 0.1) is 50.2 Å². The second kappa shape index (κ2) is 22.6. The van der Waals surface area contributed by atoms with Gasteiger partial charge in [0.05, 0.1) is 44.1 Å². The molecular weight excluding hydrogens is 1040 g/mol. The average Bonchev–Trinajstić information content (AvgIpc) is 3.29. The summed E-state index contributed by atoms with van der Waals surface area (Å²) in [7, 11) is 0.